The monoisotopic (exact) mass is 216 g/mol. The van der Waals surface area contributed by atoms with Crippen LogP contribution in [0.4, 0.5) is 0 Å². The molecule has 0 bridgehead atoms. The second-order valence-electron chi connectivity index (χ2n) is 2.85. The Morgan fingerprint density at radius 2 is 2.31 bits per heavy atom. The number of carbonyl (C=O) groups is 1. The lowest BCUT2D eigenvalue weighted by Gasteiger charge is -2.00. The molecule has 4 nitrogen and oxygen atoms in total. The Morgan fingerprint density at radius 1 is 1.56 bits per heavy atom. The predicted molar refractivity (Wildman–Crippen MR) is 57.4 cm³/mol. The smallest absolute Gasteiger partial charge is 0.348 e. The topological polar surface area (TPSA) is 59.3 Å². The molecule has 0 saturated heterocycles. The van der Waals surface area contributed by atoms with E-state index in [1.165, 1.54) is 20.3 Å². The van der Waals surface area contributed by atoms with Gasteiger partial charge in [0.1, 0.15) is 17.4 Å². The van der Waals surface area contributed by atoms with E-state index >= 15 is 0 Å². The van der Waals surface area contributed by atoms with Crippen LogP contribution in [0.15, 0.2) is 23.8 Å². The van der Waals surface area contributed by atoms with Crippen LogP contribution in [0.2, 0.25) is 0 Å². The van der Waals surface area contributed by atoms with E-state index in [0.717, 1.165) is 0 Å². The standard InChI is InChI=1S/C12H10NO3/c1-15-11-5-3-4-9(7-11)6-10(8-13)12(14)16-2/h3-4,6-7H,1-2H3/b10-6+. The fourth-order valence-corrected chi connectivity index (χ4v) is 1.08. The zero-order valence-electron chi connectivity index (χ0n) is 8.98. The Labute approximate surface area is 93.7 Å². The van der Waals surface area contributed by atoms with Crippen molar-refractivity contribution in [1.82, 2.24) is 0 Å². The zero-order chi connectivity index (χ0) is 12.0. The SMILES string of the molecule is COC(=O)/C(C#N)=C/c1cc[c]c(OC)c1. The van der Waals surface area contributed by atoms with Crippen molar-refractivity contribution in [3.63, 3.8) is 0 Å². The van der Waals surface area contributed by atoms with Gasteiger partial charge in [-0.1, -0.05) is 6.07 Å². The molecule has 0 aromatic heterocycles. The van der Waals surface area contributed by atoms with E-state index in [-0.39, 0.29) is 5.57 Å². The van der Waals surface area contributed by atoms with E-state index in [2.05, 4.69) is 10.8 Å². The second-order valence-corrected chi connectivity index (χ2v) is 2.85. The van der Waals surface area contributed by atoms with E-state index in [1.54, 1.807) is 24.3 Å². The highest BCUT2D eigenvalue weighted by molar-refractivity contribution is 5.97. The van der Waals surface area contributed by atoms with Gasteiger partial charge in [0.05, 0.1) is 14.2 Å². The van der Waals surface area contributed by atoms with Crippen LogP contribution < -0.4 is 4.74 Å². The number of nitrogens with zero attached hydrogens (tertiary/aromatic N) is 1. The molecule has 0 atom stereocenters. The van der Waals surface area contributed by atoms with Gasteiger partial charge >= 0.3 is 5.97 Å². The van der Waals surface area contributed by atoms with Crippen LogP contribution >= 0.6 is 0 Å². The number of methoxy groups -OCH3 is 2. The number of rotatable bonds is 3. The summed E-state index contributed by atoms with van der Waals surface area (Å²) in [6.45, 7) is 0. The van der Waals surface area contributed by atoms with Gasteiger partial charge in [0.25, 0.3) is 0 Å². The van der Waals surface area contributed by atoms with Gasteiger partial charge in [-0.3, -0.25) is 0 Å². The molecule has 0 heterocycles. The quantitative estimate of drug-likeness (QED) is 0.437. The Kier molecular flexibility index (Phi) is 4.10. The maximum Gasteiger partial charge on any atom is 0.348 e. The highest BCUT2D eigenvalue weighted by atomic mass is 16.5. The highest BCUT2D eigenvalue weighted by Gasteiger charge is 2.08. The number of carbonyl (C=O) groups excluding carboxylic acids is 1. The third-order valence-electron chi connectivity index (χ3n) is 1.86. The van der Waals surface area contributed by atoms with Crippen LogP contribution in [-0.4, -0.2) is 20.2 Å². The molecule has 0 amide bonds. The largest absolute Gasteiger partial charge is 0.496 e. The summed E-state index contributed by atoms with van der Waals surface area (Å²) in [6, 6.07) is 9.64. The molecule has 1 aromatic rings. The predicted octanol–water partition coefficient (Wildman–Crippen LogP) is 1.58. The molecule has 81 valence electrons. The van der Waals surface area contributed by atoms with E-state index in [0.29, 0.717) is 11.3 Å². The zero-order valence-corrected chi connectivity index (χ0v) is 8.98. The molecule has 0 saturated carbocycles. The molecule has 0 aliphatic heterocycles. The molecule has 16 heavy (non-hydrogen) atoms. The first-order valence-corrected chi connectivity index (χ1v) is 4.47. The molecular weight excluding hydrogens is 206 g/mol. The number of hydrogen-bond donors (Lipinski definition) is 0. The Morgan fingerprint density at radius 3 is 2.88 bits per heavy atom. The third kappa shape index (κ3) is 2.85. The number of benzene rings is 1. The van der Waals surface area contributed by atoms with E-state index in [1.807, 2.05) is 0 Å². The molecule has 0 unspecified atom stereocenters. The molecular formula is C12H10NO3. The minimum Gasteiger partial charge on any atom is -0.496 e. The van der Waals surface area contributed by atoms with E-state index < -0.39 is 5.97 Å². The summed E-state index contributed by atoms with van der Waals surface area (Å²) < 4.78 is 9.44. The number of nitriles is 1. The van der Waals surface area contributed by atoms with Gasteiger partial charge in [0.15, 0.2) is 0 Å². The summed E-state index contributed by atoms with van der Waals surface area (Å²) in [6.07, 6.45) is 1.43. The Hall–Kier alpha value is -2.28. The first kappa shape index (κ1) is 11.8. The Balaban J connectivity index is 3.05. The number of hydrogen-bond acceptors (Lipinski definition) is 4. The fraction of sp³-hybridized carbons (Fsp3) is 0.167. The van der Waals surface area contributed by atoms with Crippen LogP contribution in [0.3, 0.4) is 0 Å². The molecule has 4 heteroatoms. The van der Waals surface area contributed by atoms with Crippen molar-refractivity contribution in [3.8, 4) is 11.8 Å². The summed E-state index contributed by atoms with van der Waals surface area (Å²) in [5.74, 6) is -0.120. The average molecular weight is 216 g/mol. The van der Waals surface area contributed by atoms with Crippen molar-refractivity contribution in [2.45, 2.75) is 0 Å². The first-order valence-electron chi connectivity index (χ1n) is 4.47. The minimum atomic E-state index is -0.658. The highest BCUT2D eigenvalue weighted by Crippen LogP contribution is 2.14. The van der Waals surface area contributed by atoms with Crippen molar-refractivity contribution in [1.29, 1.82) is 5.26 Å². The summed E-state index contributed by atoms with van der Waals surface area (Å²) >= 11 is 0. The van der Waals surface area contributed by atoms with Gasteiger partial charge in [-0.15, -0.1) is 0 Å². The lowest BCUT2D eigenvalue weighted by atomic mass is 10.1. The van der Waals surface area contributed by atoms with Crippen molar-refractivity contribution >= 4 is 12.0 Å². The summed E-state index contributed by atoms with van der Waals surface area (Å²) in [5.41, 5.74) is 0.619. The van der Waals surface area contributed by atoms with Crippen molar-refractivity contribution in [2.24, 2.45) is 0 Å². The maximum atomic E-state index is 11.1. The van der Waals surface area contributed by atoms with Gasteiger partial charge in [0, 0.05) is 6.07 Å². The van der Waals surface area contributed by atoms with Crippen LogP contribution in [0.1, 0.15) is 5.56 Å². The fourth-order valence-electron chi connectivity index (χ4n) is 1.08. The van der Waals surface area contributed by atoms with E-state index in [9.17, 15) is 4.79 Å². The summed E-state index contributed by atoms with van der Waals surface area (Å²) in [4.78, 5) is 11.1. The van der Waals surface area contributed by atoms with Gasteiger partial charge in [-0.25, -0.2) is 4.79 Å². The van der Waals surface area contributed by atoms with Crippen molar-refractivity contribution in [3.05, 3.63) is 35.4 Å². The number of esters is 1. The molecule has 1 rings (SSSR count). The molecule has 1 radical (unpaired) electrons. The third-order valence-corrected chi connectivity index (χ3v) is 1.86. The summed E-state index contributed by atoms with van der Waals surface area (Å²) in [7, 11) is 2.75. The van der Waals surface area contributed by atoms with Crippen molar-refractivity contribution in [2.75, 3.05) is 14.2 Å². The molecule has 0 spiro atoms. The lowest BCUT2D eigenvalue weighted by molar-refractivity contribution is -0.135. The van der Waals surface area contributed by atoms with Gasteiger partial charge in [-0.2, -0.15) is 5.26 Å². The summed E-state index contributed by atoms with van der Waals surface area (Å²) in [5, 5.41) is 8.76. The Bertz CT molecular complexity index is 458. The van der Waals surface area contributed by atoms with Crippen LogP contribution in [0.25, 0.3) is 6.08 Å². The first-order chi connectivity index (χ1) is 7.71. The van der Waals surface area contributed by atoms with Gasteiger partial charge in [0.2, 0.25) is 0 Å². The number of ether oxygens (including phenoxy) is 2. The van der Waals surface area contributed by atoms with Gasteiger partial charge < -0.3 is 9.47 Å². The van der Waals surface area contributed by atoms with E-state index in [4.69, 9.17) is 10.00 Å². The maximum absolute atomic E-state index is 11.1. The second kappa shape index (κ2) is 5.56. The van der Waals surface area contributed by atoms with Crippen molar-refractivity contribution < 1.29 is 14.3 Å². The molecule has 0 N–H and O–H groups in total. The minimum absolute atomic E-state index is 0.0595. The molecule has 0 aliphatic carbocycles. The normalized spacial score (nSPS) is 10.4. The van der Waals surface area contributed by atoms with Gasteiger partial charge in [-0.05, 0) is 23.8 Å². The molecule has 0 fully saturated rings. The molecule has 1 aromatic carbocycles. The van der Waals surface area contributed by atoms with Crippen LogP contribution in [0, 0.1) is 17.4 Å². The van der Waals surface area contributed by atoms with Crippen LogP contribution in [0.5, 0.6) is 5.75 Å². The lowest BCUT2D eigenvalue weighted by Crippen LogP contribution is -2.02. The average Bonchev–Trinajstić information content (AvgIpc) is 2.35. The molecule has 0 aliphatic rings. The van der Waals surface area contributed by atoms with Crippen LogP contribution in [-0.2, 0) is 9.53 Å².